The summed E-state index contributed by atoms with van der Waals surface area (Å²) in [5.41, 5.74) is 1.11. The van der Waals surface area contributed by atoms with Gasteiger partial charge in [0.15, 0.2) is 9.84 Å². The van der Waals surface area contributed by atoms with E-state index in [1.54, 1.807) is 18.0 Å². The van der Waals surface area contributed by atoms with Gasteiger partial charge in [0.1, 0.15) is 11.2 Å². The van der Waals surface area contributed by atoms with Gasteiger partial charge in [0.05, 0.1) is 0 Å². The van der Waals surface area contributed by atoms with Crippen molar-refractivity contribution in [2.75, 3.05) is 36.3 Å². The van der Waals surface area contributed by atoms with E-state index in [4.69, 9.17) is 0 Å². The number of aromatic nitrogens is 1. The maximum atomic E-state index is 11.9. The third-order valence-electron chi connectivity index (χ3n) is 3.58. The smallest absolute Gasteiger partial charge is 0.169 e. The van der Waals surface area contributed by atoms with Gasteiger partial charge in [-0.1, -0.05) is 0 Å². The number of anilines is 1. The van der Waals surface area contributed by atoms with E-state index in [1.165, 1.54) is 6.26 Å². The normalized spacial score (nSPS) is 21.8. The number of hydrogen-bond donors (Lipinski definition) is 1. The second kappa shape index (κ2) is 6.32. The summed E-state index contributed by atoms with van der Waals surface area (Å²) in [7, 11) is -1.21. The minimum absolute atomic E-state index is 0.215. The maximum Gasteiger partial charge on any atom is 0.169 e. The van der Waals surface area contributed by atoms with Crippen LogP contribution in [0.25, 0.3) is 0 Å². The Hall–Kier alpha value is -0.790. The Balaban J connectivity index is 2.33. The molecule has 1 aliphatic heterocycles. The first-order chi connectivity index (χ1) is 9.43. The van der Waals surface area contributed by atoms with Crippen LogP contribution in [-0.2, 0) is 9.84 Å². The largest absolute Gasteiger partial charge is 0.338 e. The van der Waals surface area contributed by atoms with Gasteiger partial charge in [-0.3, -0.25) is 0 Å². The number of nitrogens with one attached hydrogen (secondary N) is 1. The van der Waals surface area contributed by atoms with Crippen LogP contribution in [-0.4, -0.2) is 50.1 Å². The molecule has 2 atom stereocenters. The van der Waals surface area contributed by atoms with Gasteiger partial charge in [-0.2, -0.15) is 11.8 Å². The summed E-state index contributed by atoms with van der Waals surface area (Å²) in [6.07, 6.45) is 3.05. The Labute approximate surface area is 125 Å². The van der Waals surface area contributed by atoms with Gasteiger partial charge in [-0.15, -0.1) is 0 Å². The number of sulfone groups is 1. The molecule has 0 aliphatic carbocycles. The van der Waals surface area contributed by atoms with Crippen LogP contribution in [0.5, 0.6) is 0 Å². The maximum absolute atomic E-state index is 11.9. The van der Waals surface area contributed by atoms with Crippen molar-refractivity contribution in [1.82, 2.24) is 10.3 Å². The lowest BCUT2D eigenvalue weighted by Crippen LogP contribution is -2.47. The summed E-state index contributed by atoms with van der Waals surface area (Å²) < 4.78 is 23.9. The molecule has 112 valence electrons. The van der Waals surface area contributed by atoms with E-state index < -0.39 is 15.2 Å². The Morgan fingerprint density at radius 3 is 2.95 bits per heavy atom. The number of hydrogen-bond acceptors (Lipinski definition) is 6. The average Bonchev–Trinajstić information content (AvgIpc) is 2.45. The van der Waals surface area contributed by atoms with Crippen molar-refractivity contribution in [2.24, 2.45) is 0 Å². The van der Waals surface area contributed by atoms with Crippen LogP contribution in [0.1, 0.15) is 18.5 Å². The van der Waals surface area contributed by atoms with Crippen LogP contribution in [0.4, 0.5) is 5.82 Å². The standard InChI is InChI=1S/C13H21N3O2S2/c1-10(14-2)11-4-5-15-12(8-11)16-6-7-19-9-13(16)20(3,17)18/h4-5,8,10,13-14H,6-7,9H2,1-3H3. The van der Waals surface area contributed by atoms with Crippen LogP contribution in [0.3, 0.4) is 0 Å². The monoisotopic (exact) mass is 315 g/mol. The van der Waals surface area contributed by atoms with Crippen molar-refractivity contribution >= 4 is 27.4 Å². The summed E-state index contributed by atoms with van der Waals surface area (Å²) >= 11 is 1.68. The molecule has 1 aromatic rings. The van der Waals surface area contributed by atoms with Crippen molar-refractivity contribution in [3.63, 3.8) is 0 Å². The summed E-state index contributed by atoms with van der Waals surface area (Å²) in [4.78, 5) is 6.28. The van der Waals surface area contributed by atoms with E-state index in [0.717, 1.165) is 17.1 Å². The molecule has 2 unspecified atom stereocenters. The molecule has 7 heteroatoms. The van der Waals surface area contributed by atoms with Crippen molar-refractivity contribution < 1.29 is 8.42 Å². The van der Waals surface area contributed by atoms with Gasteiger partial charge in [0.2, 0.25) is 0 Å². The summed E-state index contributed by atoms with van der Waals surface area (Å²) in [6.45, 7) is 2.78. The molecule has 0 saturated carbocycles. The first-order valence-corrected chi connectivity index (χ1v) is 9.71. The summed E-state index contributed by atoms with van der Waals surface area (Å²) in [5, 5.41) is 2.71. The SMILES string of the molecule is CNC(C)c1ccnc(N2CCSCC2S(C)(=O)=O)c1. The molecule has 1 N–H and O–H groups in total. The quantitative estimate of drug-likeness (QED) is 0.903. The van der Waals surface area contributed by atoms with Crippen molar-refractivity contribution in [2.45, 2.75) is 18.3 Å². The second-order valence-corrected chi connectivity index (χ2v) is 8.36. The van der Waals surface area contributed by atoms with E-state index in [9.17, 15) is 8.42 Å². The molecular formula is C13H21N3O2S2. The molecule has 2 heterocycles. The first-order valence-electron chi connectivity index (χ1n) is 6.60. The first kappa shape index (κ1) is 15.6. The van der Waals surface area contributed by atoms with Gasteiger partial charge < -0.3 is 10.2 Å². The highest BCUT2D eigenvalue weighted by atomic mass is 32.2. The zero-order chi connectivity index (χ0) is 14.8. The Morgan fingerprint density at radius 2 is 2.30 bits per heavy atom. The molecule has 0 bridgehead atoms. The number of nitrogens with zero attached hydrogens (tertiary/aromatic N) is 2. The molecule has 0 amide bonds. The van der Waals surface area contributed by atoms with E-state index in [2.05, 4.69) is 17.2 Å². The zero-order valence-corrected chi connectivity index (χ0v) is 13.7. The summed E-state index contributed by atoms with van der Waals surface area (Å²) in [6, 6.07) is 4.15. The molecule has 1 aliphatic rings. The summed E-state index contributed by atoms with van der Waals surface area (Å²) in [5.74, 6) is 2.28. The van der Waals surface area contributed by atoms with Crippen LogP contribution in [0.15, 0.2) is 18.3 Å². The molecule has 0 spiro atoms. The molecule has 1 saturated heterocycles. The molecule has 0 radical (unpaired) electrons. The van der Waals surface area contributed by atoms with Gasteiger partial charge in [0.25, 0.3) is 0 Å². The Kier molecular flexibility index (Phi) is 4.93. The van der Waals surface area contributed by atoms with Gasteiger partial charge in [0, 0.05) is 36.5 Å². The van der Waals surface area contributed by atoms with Crippen LogP contribution in [0.2, 0.25) is 0 Å². The van der Waals surface area contributed by atoms with Crippen molar-refractivity contribution in [3.8, 4) is 0 Å². The molecule has 0 aromatic carbocycles. The van der Waals surface area contributed by atoms with E-state index in [1.807, 2.05) is 24.1 Å². The second-order valence-electron chi connectivity index (χ2n) is 5.01. The van der Waals surface area contributed by atoms with Gasteiger partial charge in [-0.25, -0.2) is 13.4 Å². The fourth-order valence-corrected chi connectivity index (χ4v) is 5.05. The van der Waals surface area contributed by atoms with Crippen molar-refractivity contribution in [1.29, 1.82) is 0 Å². The average molecular weight is 315 g/mol. The lowest BCUT2D eigenvalue weighted by molar-refractivity contribution is 0.583. The van der Waals surface area contributed by atoms with E-state index >= 15 is 0 Å². The Bertz CT molecular complexity index is 562. The highest BCUT2D eigenvalue weighted by molar-refractivity contribution is 8.01. The molecule has 20 heavy (non-hydrogen) atoms. The van der Waals surface area contributed by atoms with Gasteiger partial charge >= 0.3 is 0 Å². The van der Waals surface area contributed by atoms with Gasteiger partial charge in [-0.05, 0) is 31.7 Å². The fourth-order valence-electron chi connectivity index (χ4n) is 2.23. The lowest BCUT2D eigenvalue weighted by Gasteiger charge is -2.35. The zero-order valence-electron chi connectivity index (χ0n) is 12.0. The molecule has 2 rings (SSSR count). The topological polar surface area (TPSA) is 62.3 Å². The number of pyridine rings is 1. The predicted octanol–water partition coefficient (Wildman–Crippen LogP) is 1.29. The van der Waals surface area contributed by atoms with E-state index in [-0.39, 0.29) is 6.04 Å². The molecule has 1 fully saturated rings. The number of rotatable bonds is 4. The van der Waals surface area contributed by atoms with Crippen LogP contribution >= 0.6 is 11.8 Å². The predicted molar refractivity (Wildman–Crippen MR) is 85.0 cm³/mol. The molecule has 5 nitrogen and oxygen atoms in total. The highest BCUT2D eigenvalue weighted by Gasteiger charge is 2.31. The van der Waals surface area contributed by atoms with E-state index in [0.29, 0.717) is 12.3 Å². The molecular weight excluding hydrogens is 294 g/mol. The number of thioether (sulfide) groups is 1. The molecule has 1 aromatic heterocycles. The van der Waals surface area contributed by atoms with Crippen LogP contribution in [0, 0.1) is 0 Å². The lowest BCUT2D eigenvalue weighted by atomic mass is 10.1. The third-order valence-corrected chi connectivity index (χ3v) is 6.22. The third kappa shape index (κ3) is 3.45. The highest BCUT2D eigenvalue weighted by Crippen LogP contribution is 2.26. The van der Waals surface area contributed by atoms with Crippen molar-refractivity contribution in [3.05, 3.63) is 23.9 Å². The fraction of sp³-hybridized carbons (Fsp3) is 0.615. The Morgan fingerprint density at radius 1 is 1.55 bits per heavy atom. The minimum atomic E-state index is -3.11. The van der Waals surface area contributed by atoms with Crippen LogP contribution < -0.4 is 10.2 Å². The minimum Gasteiger partial charge on any atom is -0.338 e.